The Morgan fingerprint density at radius 3 is 2.52 bits per heavy atom. The molecule has 0 radical (unpaired) electrons. The number of carbonyl (C=O) groups is 2. The number of benzene rings is 3. The molecule has 3 rings (SSSR count). The second-order valence-corrected chi connectivity index (χ2v) is 6.90. The van der Waals surface area contributed by atoms with Crippen LogP contribution in [0.4, 0.5) is 10.1 Å². The SMILES string of the molecule is CCOC(=O)COc1cc(F)c(-c2ccccc2)cc1C(=O)NCc1cccc([N+](=O)[O-])c1. The summed E-state index contributed by atoms with van der Waals surface area (Å²) < 4.78 is 25.0. The van der Waals surface area contributed by atoms with Crippen LogP contribution in [0.1, 0.15) is 22.8 Å². The predicted molar refractivity (Wildman–Crippen MR) is 118 cm³/mol. The number of nitro groups is 1. The third-order valence-corrected chi connectivity index (χ3v) is 4.62. The van der Waals surface area contributed by atoms with Crippen LogP contribution in [-0.4, -0.2) is 30.0 Å². The Morgan fingerprint density at radius 2 is 1.82 bits per heavy atom. The fraction of sp³-hybridized carbons (Fsp3) is 0.167. The molecule has 170 valence electrons. The van der Waals surface area contributed by atoms with Crippen molar-refractivity contribution in [2.75, 3.05) is 13.2 Å². The molecule has 0 aliphatic rings. The molecule has 0 unspecified atom stereocenters. The number of hydrogen-bond acceptors (Lipinski definition) is 6. The van der Waals surface area contributed by atoms with E-state index in [-0.39, 0.29) is 35.7 Å². The number of esters is 1. The number of hydrogen-bond donors (Lipinski definition) is 1. The summed E-state index contributed by atoms with van der Waals surface area (Å²) in [6.07, 6.45) is 0. The molecule has 0 aliphatic heterocycles. The van der Waals surface area contributed by atoms with E-state index in [2.05, 4.69) is 5.32 Å². The van der Waals surface area contributed by atoms with Crippen LogP contribution in [0.25, 0.3) is 11.1 Å². The molecule has 0 saturated heterocycles. The number of ether oxygens (including phenoxy) is 2. The molecule has 0 saturated carbocycles. The zero-order valence-corrected chi connectivity index (χ0v) is 17.7. The van der Waals surface area contributed by atoms with Crippen LogP contribution in [0, 0.1) is 15.9 Å². The van der Waals surface area contributed by atoms with Crippen LogP contribution in [0.15, 0.2) is 66.7 Å². The second-order valence-electron chi connectivity index (χ2n) is 6.90. The Balaban J connectivity index is 1.89. The minimum atomic E-state index is -0.659. The standard InChI is InChI=1S/C24H21FN2O6/c1-2-32-23(28)15-33-22-13-21(25)19(17-8-4-3-5-9-17)12-20(22)24(29)26-14-16-7-6-10-18(11-16)27(30)31/h3-13H,2,14-15H2,1H3,(H,26,29). The minimum absolute atomic E-state index is 0.00409. The van der Waals surface area contributed by atoms with Gasteiger partial charge in [0, 0.05) is 30.3 Å². The molecule has 0 atom stereocenters. The number of nitro benzene ring substituents is 1. The van der Waals surface area contributed by atoms with Crippen LogP contribution >= 0.6 is 0 Å². The number of nitrogens with one attached hydrogen (secondary N) is 1. The lowest BCUT2D eigenvalue weighted by Gasteiger charge is -2.14. The number of nitrogens with zero attached hydrogens (tertiary/aromatic N) is 1. The van der Waals surface area contributed by atoms with Gasteiger partial charge in [-0.1, -0.05) is 42.5 Å². The molecule has 0 aromatic heterocycles. The molecule has 9 heteroatoms. The lowest BCUT2D eigenvalue weighted by molar-refractivity contribution is -0.384. The first-order valence-corrected chi connectivity index (χ1v) is 10.1. The van der Waals surface area contributed by atoms with Gasteiger partial charge >= 0.3 is 5.97 Å². The third kappa shape index (κ3) is 6.13. The fourth-order valence-electron chi connectivity index (χ4n) is 3.09. The highest BCUT2D eigenvalue weighted by atomic mass is 19.1. The molecular formula is C24H21FN2O6. The first-order chi connectivity index (χ1) is 15.9. The average molecular weight is 452 g/mol. The van der Waals surface area contributed by atoms with Crippen molar-refractivity contribution >= 4 is 17.6 Å². The molecular weight excluding hydrogens is 431 g/mol. The normalized spacial score (nSPS) is 10.4. The van der Waals surface area contributed by atoms with Gasteiger partial charge in [-0.05, 0) is 24.1 Å². The third-order valence-electron chi connectivity index (χ3n) is 4.62. The summed E-state index contributed by atoms with van der Waals surface area (Å²) in [7, 11) is 0. The molecule has 0 heterocycles. The van der Waals surface area contributed by atoms with Gasteiger partial charge in [-0.25, -0.2) is 9.18 Å². The van der Waals surface area contributed by atoms with E-state index in [4.69, 9.17) is 9.47 Å². The van der Waals surface area contributed by atoms with Gasteiger partial charge in [0.25, 0.3) is 11.6 Å². The highest BCUT2D eigenvalue weighted by Gasteiger charge is 2.19. The fourth-order valence-corrected chi connectivity index (χ4v) is 3.09. The van der Waals surface area contributed by atoms with Crippen molar-refractivity contribution in [1.82, 2.24) is 5.32 Å². The summed E-state index contributed by atoms with van der Waals surface area (Å²) in [5, 5.41) is 13.6. The maximum atomic E-state index is 14.8. The molecule has 1 N–H and O–H groups in total. The number of non-ortho nitro benzene ring substituents is 1. The molecule has 3 aromatic rings. The number of halogens is 1. The van der Waals surface area contributed by atoms with Crippen LogP contribution in [-0.2, 0) is 16.1 Å². The Morgan fingerprint density at radius 1 is 1.06 bits per heavy atom. The average Bonchev–Trinajstić information content (AvgIpc) is 2.82. The Bertz CT molecular complexity index is 1170. The van der Waals surface area contributed by atoms with Crippen LogP contribution < -0.4 is 10.1 Å². The zero-order chi connectivity index (χ0) is 23.8. The van der Waals surface area contributed by atoms with Crippen molar-refractivity contribution in [3.05, 3.63) is 93.8 Å². The van der Waals surface area contributed by atoms with Gasteiger partial charge in [0.1, 0.15) is 11.6 Å². The van der Waals surface area contributed by atoms with Gasteiger partial charge in [-0.2, -0.15) is 0 Å². The molecule has 0 aliphatic carbocycles. The Labute approximate surface area is 189 Å². The van der Waals surface area contributed by atoms with Gasteiger partial charge < -0.3 is 14.8 Å². The lowest BCUT2D eigenvalue weighted by atomic mass is 10.0. The first-order valence-electron chi connectivity index (χ1n) is 10.1. The quantitative estimate of drug-likeness (QED) is 0.295. The van der Waals surface area contributed by atoms with Crippen LogP contribution in [0.5, 0.6) is 5.75 Å². The number of carbonyl (C=O) groups excluding carboxylic acids is 2. The van der Waals surface area contributed by atoms with Crippen molar-refractivity contribution in [2.24, 2.45) is 0 Å². The van der Waals surface area contributed by atoms with Gasteiger partial charge in [-0.15, -0.1) is 0 Å². The number of rotatable bonds is 9. The molecule has 3 aromatic carbocycles. The topological polar surface area (TPSA) is 108 Å². The van der Waals surface area contributed by atoms with Crippen LogP contribution in [0.3, 0.4) is 0 Å². The maximum Gasteiger partial charge on any atom is 0.344 e. The van der Waals surface area contributed by atoms with E-state index in [0.717, 1.165) is 6.07 Å². The zero-order valence-electron chi connectivity index (χ0n) is 17.7. The van der Waals surface area contributed by atoms with E-state index >= 15 is 0 Å². The molecule has 0 bridgehead atoms. The van der Waals surface area contributed by atoms with Crippen LogP contribution in [0.2, 0.25) is 0 Å². The monoisotopic (exact) mass is 452 g/mol. The maximum absolute atomic E-state index is 14.8. The molecule has 33 heavy (non-hydrogen) atoms. The molecule has 0 spiro atoms. The second kappa shape index (κ2) is 10.9. The van der Waals surface area contributed by atoms with Crippen molar-refractivity contribution in [3.8, 4) is 16.9 Å². The van der Waals surface area contributed by atoms with Crippen molar-refractivity contribution in [3.63, 3.8) is 0 Å². The van der Waals surface area contributed by atoms with Gasteiger partial charge in [-0.3, -0.25) is 14.9 Å². The first kappa shape index (κ1) is 23.4. The van der Waals surface area contributed by atoms with E-state index < -0.39 is 29.2 Å². The summed E-state index contributed by atoms with van der Waals surface area (Å²) in [5.74, 6) is -2.02. The van der Waals surface area contributed by atoms with E-state index in [1.54, 1.807) is 43.3 Å². The van der Waals surface area contributed by atoms with Crippen molar-refractivity contribution in [1.29, 1.82) is 0 Å². The highest BCUT2D eigenvalue weighted by molar-refractivity contribution is 5.98. The molecule has 1 amide bonds. The summed E-state index contributed by atoms with van der Waals surface area (Å²) >= 11 is 0. The lowest BCUT2D eigenvalue weighted by Crippen LogP contribution is -2.24. The summed E-state index contributed by atoms with van der Waals surface area (Å²) in [6, 6.07) is 16.9. The minimum Gasteiger partial charge on any atom is -0.481 e. The summed E-state index contributed by atoms with van der Waals surface area (Å²) in [5.41, 5.74) is 1.15. The smallest absolute Gasteiger partial charge is 0.344 e. The van der Waals surface area contributed by atoms with Gasteiger partial charge in [0.15, 0.2) is 6.61 Å². The highest BCUT2D eigenvalue weighted by Crippen LogP contribution is 2.30. The summed E-state index contributed by atoms with van der Waals surface area (Å²) in [4.78, 5) is 35.1. The number of amides is 1. The van der Waals surface area contributed by atoms with Crippen molar-refractivity contribution < 1.29 is 28.4 Å². The summed E-state index contributed by atoms with van der Waals surface area (Å²) in [6.45, 7) is 1.29. The Hall–Kier alpha value is -4.27. The van der Waals surface area contributed by atoms with Crippen molar-refractivity contribution in [2.45, 2.75) is 13.5 Å². The van der Waals surface area contributed by atoms with E-state index in [9.17, 15) is 24.1 Å². The van der Waals surface area contributed by atoms with Gasteiger partial charge in [0.05, 0.1) is 17.1 Å². The predicted octanol–water partition coefficient (Wildman–Crippen LogP) is 4.27. The molecule has 8 nitrogen and oxygen atoms in total. The molecule has 0 fully saturated rings. The van der Waals surface area contributed by atoms with E-state index in [1.807, 2.05) is 0 Å². The largest absolute Gasteiger partial charge is 0.481 e. The Kier molecular flexibility index (Phi) is 7.69. The van der Waals surface area contributed by atoms with Gasteiger partial charge in [0.2, 0.25) is 0 Å². The van der Waals surface area contributed by atoms with E-state index in [0.29, 0.717) is 11.1 Å². The van der Waals surface area contributed by atoms with E-state index in [1.165, 1.54) is 24.3 Å².